The highest BCUT2D eigenvalue weighted by molar-refractivity contribution is 14.1. The van der Waals surface area contributed by atoms with Crippen molar-refractivity contribution in [1.82, 2.24) is 15.1 Å². The molecular weight excluding hydrogens is 365 g/mol. The van der Waals surface area contributed by atoms with Crippen molar-refractivity contribution in [2.75, 3.05) is 39.8 Å². The lowest BCUT2D eigenvalue weighted by Gasteiger charge is -2.31. The summed E-state index contributed by atoms with van der Waals surface area (Å²) in [5.41, 5.74) is 1.25. The molecule has 0 spiro atoms. The maximum atomic E-state index is 12.3. The van der Waals surface area contributed by atoms with Gasteiger partial charge in [-0.1, -0.05) is 12.1 Å². The largest absolute Gasteiger partial charge is 0.339 e. The number of carbonyl (C=O) groups is 1. The second kappa shape index (κ2) is 7.38. The Bertz CT molecular complexity index is 443. The van der Waals surface area contributed by atoms with Crippen LogP contribution in [0.1, 0.15) is 18.5 Å². The summed E-state index contributed by atoms with van der Waals surface area (Å²) in [7, 11) is 2.02. The minimum atomic E-state index is 0.228. The van der Waals surface area contributed by atoms with E-state index in [9.17, 15) is 4.79 Å². The van der Waals surface area contributed by atoms with Crippen molar-refractivity contribution < 1.29 is 4.79 Å². The van der Waals surface area contributed by atoms with Crippen LogP contribution in [-0.2, 0) is 4.79 Å². The van der Waals surface area contributed by atoms with E-state index >= 15 is 0 Å². The van der Waals surface area contributed by atoms with E-state index in [0.29, 0.717) is 6.54 Å². The number of carbonyl (C=O) groups excluding carboxylic acids is 1. The Labute approximate surface area is 134 Å². The van der Waals surface area contributed by atoms with Crippen molar-refractivity contribution in [1.29, 1.82) is 0 Å². The summed E-state index contributed by atoms with van der Waals surface area (Å²) in [6.07, 6.45) is 0. The fourth-order valence-corrected chi connectivity index (χ4v) is 2.72. The van der Waals surface area contributed by atoms with Crippen LogP contribution in [0.5, 0.6) is 0 Å². The predicted molar refractivity (Wildman–Crippen MR) is 89.7 cm³/mol. The van der Waals surface area contributed by atoms with Crippen molar-refractivity contribution in [3.8, 4) is 0 Å². The van der Waals surface area contributed by atoms with E-state index < -0.39 is 0 Å². The average molecular weight is 387 g/mol. The van der Waals surface area contributed by atoms with Crippen LogP contribution in [0.15, 0.2) is 24.3 Å². The summed E-state index contributed by atoms with van der Waals surface area (Å²) in [4.78, 5) is 16.3. The molecule has 0 bridgehead atoms. The highest BCUT2D eigenvalue weighted by Gasteiger charge is 2.20. The number of benzene rings is 1. The van der Waals surface area contributed by atoms with Crippen LogP contribution < -0.4 is 5.32 Å². The van der Waals surface area contributed by atoms with E-state index in [1.165, 1.54) is 9.13 Å². The molecule has 1 aromatic carbocycles. The van der Waals surface area contributed by atoms with E-state index in [0.717, 1.165) is 26.2 Å². The Hall–Kier alpha value is -0.660. The second-order valence-corrected chi connectivity index (χ2v) is 6.52. The third kappa shape index (κ3) is 4.17. The van der Waals surface area contributed by atoms with Crippen LogP contribution in [0.25, 0.3) is 0 Å². The van der Waals surface area contributed by atoms with E-state index in [4.69, 9.17) is 0 Å². The zero-order chi connectivity index (χ0) is 14.5. The predicted octanol–water partition coefficient (Wildman–Crippen LogP) is 1.72. The zero-order valence-electron chi connectivity index (χ0n) is 12.1. The van der Waals surface area contributed by atoms with Gasteiger partial charge in [-0.15, -0.1) is 0 Å². The van der Waals surface area contributed by atoms with Gasteiger partial charge in [-0.2, -0.15) is 0 Å². The molecule has 1 unspecified atom stereocenters. The van der Waals surface area contributed by atoms with Gasteiger partial charge in [0.05, 0.1) is 6.54 Å². The smallest absolute Gasteiger partial charge is 0.236 e. The Balaban J connectivity index is 1.91. The maximum Gasteiger partial charge on any atom is 0.236 e. The summed E-state index contributed by atoms with van der Waals surface area (Å²) in [5.74, 6) is 0.228. The second-order valence-electron chi connectivity index (χ2n) is 5.27. The van der Waals surface area contributed by atoms with Crippen molar-refractivity contribution in [3.63, 3.8) is 0 Å². The lowest BCUT2D eigenvalue weighted by atomic mass is 10.1. The summed E-state index contributed by atoms with van der Waals surface area (Å²) in [6.45, 7) is 6.08. The first-order chi connectivity index (χ1) is 9.58. The molecule has 1 amide bonds. The molecule has 1 aliphatic heterocycles. The van der Waals surface area contributed by atoms with E-state index in [1.54, 1.807) is 0 Å². The molecule has 1 aliphatic rings. The first-order valence-electron chi connectivity index (χ1n) is 7.02. The zero-order valence-corrected chi connectivity index (χ0v) is 14.3. The van der Waals surface area contributed by atoms with Gasteiger partial charge in [-0.25, -0.2) is 0 Å². The van der Waals surface area contributed by atoms with Crippen molar-refractivity contribution >= 4 is 28.5 Å². The Morgan fingerprint density at radius 3 is 2.55 bits per heavy atom. The summed E-state index contributed by atoms with van der Waals surface area (Å²) in [5, 5.41) is 3.27. The molecule has 20 heavy (non-hydrogen) atoms. The lowest BCUT2D eigenvalue weighted by molar-refractivity contribution is -0.133. The fourth-order valence-electron chi connectivity index (χ4n) is 2.36. The molecule has 5 heteroatoms. The highest BCUT2D eigenvalue weighted by Crippen LogP contribution is 2.19. The van der Waals surface area contributed by atoms with Crippen LogP contribution >= 0.6 is 22.6 Å². The van der Waals surface area contributed by atoms with Gasteiger partial charge in [-0.05, 0) is 54.3 Å². The Morgan fingerprint density at radius 1 is 1.35 bits per heavy atom. The molecular formula is C15H22IN3O. The fraction of sp³-hybridized carbons (Fsp3) is 0.533. The SMILES string of the molecule is CC(c1ccc(I)cc1)N(C)CC(=O)N1CCNCC1. The van der Waals surface area contributed by atoms with E-state index in [1.807, 2.05) is 11.9 Å². The quantitative estimate of drug-likeness (QED) is 0.800. The summed E-state index contributed by atoms with van der Waals surface area (Å²) >= 11 is 2.31. The number of nitrogens with one attached hydrogen (secondary N) is 1. The number of halogens is 1. The molecule has 0 aliphatic carbocycles. The van der Waals surface area contributed by atoms with Gasteiger partial charge in [0.15, 0.2) is 0 Å². The summed E-state index contributed by atoms with van der Waals surface area (Å²) in [6, 6.07) is 8.74. The standard InChI is InChI=1S/C15H22IN3O/c1-12(13-3-5-14(16)6-4-13)18(2)11-15(20)19-9-7-17-8-10-19/h3-6,12,17H,7-11H2,1-2H3. The topological polar surface area (TPSA) is 35.6 Å². The van der Waals surface area contributed by atoms with Gasteiger partial charge in [0, 0.05) is 35.8 Å². The molecule has 1 N–H and O–H groups in total. The number of likely N-dealkylation sites (N-methyl/N-ethyl adjacent to an activating group) is 1. The molecule has 0 saturated carbocycles. The van der Waals surface area contributed by atoms with E-state index in [-0.39, 0.29) is 11.9 Å². The molecule has 1 fully saturated rings. The molecule has 1 atom stereocenters. The number of rotatable bonds is 4. The molecule has 110 valence electrons. The monoisotopic (exact) mass is 387 g/mol. The molecule has 0 aromatic heterocycles. The number of amides is 1. The number of hydrogen-bond acceptors (Lipinski definition) is 3. The van der Waals surface area contributed by atoms with Crippen LogP contribution in [0, 0.1) is 3.57 Å². The van der Waals surface area contributed by atoms with Crippen molar-refractivity contribution in [2.45, 2.75) is 13.0 Å². The van der Waals surface area contributed by atoms with Crippen LogP contribution in [0.4, 0.5) is 0 Å². The van der Waals surface area contributed by atoms with Crippen LogP contribution in [-0.4, -0.2) is 55.5 Å². The number of piperazine rings is 1. The molecule has 1 heterocycles. The van der Waals surface area contributed by atoms with Crippen molar-refractivity contribution in [3.05, 3.63) is 33.4 Å². The normalized spacial score (nSPS) is 17.3. The lowest BCUT2D eigenvalue weighted by Crippen LogP contribution is -2.49. The Morgan fingerprint density at radius 2 is 1.95 bits per heavy atom. The Kier molecular flexibility index (Phi) is 5.80. The minimum absolute atomic E-state index is 0.228. The van der Waals surface area contributed by atoms with Gasteiger partial charge in [0.2, 0.25) is 5.91 Å². The molecule has 2 rings (SSSR count). The van der Waals surface area contributed by atoms with Gasteiger partial charge < -0.3 is 10.2 Å². The molecule has 0 radical (unpaired) electrons. The molecule has 1 aromatic rings. The third-order valence-electron chi connectivity index (χ3n) is 3.87. The average Bonchev–Trinajstić information content (AvgIpc) is 2.48. The van der Waals surface area contributed by atoms with Gasteiger partial charge >= 0.3 is 0 Å². The van der Waals surface area contributed by atoms with Gasteiger partial charge in [0.1, 0.15) is 0 Å². The third-order valence-corrected chi connectivity index (χ3v) is 4.59. The van der Waals surface area contributed by atoms with E-state index in [2.05, 4.69) is 64.0 Å². The summed E-state index contributed by atoms with van der Waals surface area (Å²) < 4.78 is 1.23. The maximum absolute atomic E-state index is 12.3. The number of nitrogens with zero attached hydrogens (tertiary/aromatic N) is 2. The number of hydrogen-bond donors (Lipinski definition) is 1. The molecule has 4 nitrogen and oxygen atoms in total. The van der Waals surface area contributed by atoms with Crippen LogP contribution in [0.3, 0.4) is 0 Å². The van der Waals surface area contributed by atoms with Gasteiger partial charge in [-0.3, -0.25) is 9.69 Å². The van der Waals surface area contributed by atoms with Gasteiger partial charge in [0.25, 0.3) is 0 Å². The highest BCUT2D eigenvalue weighted by atomic mass is 127. The molecule has 1 saturated heterocycles. The minimum Gasteiger partial charge on any atom is -0.339 e. The van der Waals surface area contributed by atoms with Crippen molar-refractivity contribution in [2.24, 2.45) is 0 Å². The van der Waals surface area contributed by atoms with Crippen LogP contribution in [0.2, 0.25) is 0 Å². The first kappa shape index (κ1) is 15.7. The first-order valence-corrected chi connectivity index (χ1v) is 8.10.